The number of allylic oxidation sites excluding steroid dienone is 2. The third-order valence-electron chi connectivity index (χ3n) is 11.9. The molecule has 3 saturated carbocycles. The van der Waals surface area contributed by atoms with Gasteiger partial charge in [-0.3, -0.25) is 14.9 Å². The monoisotopic (exact) mass is 514 g/mol. The number of nitrogens with zero attached hydrogens (tertiary/aromatic N) is 1. The summed E-state index contributed by atoms with van der Waals surface area (Å²) in [6.45, 7) is 13.2. The van der Waals surface area contributed by atoms with Crippen LogP contribution in [0.1, 0.15) is 79.6 Å². The van der Waals surface area contributed by atoms with Crippen molar-refractivity contribution in [1.82, 2.24) is 10.2 Å². The number of nitrogens with one attached hydrogen (secondary N) is 1. The van der Waals surface area contributed by atoms with Crippen molar-refractivity contribution in [2.45, 2.75) is 91.8 Å². The van der Waals surface area contributed by atoms with Gasteiger partial charge in [-0.2, -0.15) is 0 Å². The van der Waals surface area contributed by atoms with Crippen molar-refractivity contribution in [3.63, 3.8) is 0 Å². The maximum Gasteiger partial charge on any atom is 0.414 e. The van der Waals surface area contributed by atoms with Crippen molar-refractivity contribution < 1.29 is 24.2 Å². The van der Waals surface area contributed by atoms with E-state index in [4.69, 9.17) is 4.74 Å². The van der Waals surface area contributed by atoms with Crippen LogP contribution in [0.4, 0.5) is 4.79 Å². The third-order valence-corrected chi connectivity index (χ3v) is 11.9. The van der Waals surface area contributed by atoms with Crippen molar-refractivity contribution in [1.29, 1.82) is 0 Å². The van der Waals surface area contributed by atoms with Crippen LogP contribution >= 0.6 is 0 Å². The minimum Gasteiger partial charge on any atom is -0.445 e. The summed E-state index contributed by atoms with van der Waals surface area (Å²) in [5.41, 5.74) is -1.38. The number of ether oxygens (including phenoxy) is 1. The lowest BCUT2D eigenvalue weighted by molar-refractivity contribution is -0.197. The Balaban J connectivity index is 1.47. The molecule has 11 atom stereocenters. The van der Waals surface area contributed by atoms with Gasteiger partial charge < -0.3 is 14.7 Å². The fourth-order valence-electron chi connectivity index (χ4n) is 9.38. The van der Waals surface area contributed by atoms with Crippen LogP contribution in [0, 0.1) is 45.8 Å². The van der Waals surface area contributed by atoms with Crippen LogP contribution < -0.4 is 5.32 Å². The van der Waals surface area contributed by atoms with Gasteiger partial charge in [-0.1, -0.05) is 39.8 Å². The first kappa shape index (κ1) is 26.9. The topological polar surface area (TPSA) is 95.9 Å². The molecule has 7 nitrogen and oxygen atoms in total. The van der Waals surface area contributed by atoms with E-state index in [0.29, 0.717) is 31.7 Å². The number of aliphatic hydroxyl groups is 1. The first-order chi connectivity index (χ1) is 17.5. The molecule has 37 heavy (non-hydrogen) atoms. The summed E-state index contributed by atoms with van der Waals surface area (Å²) >= 11 is 0. The molecule has 7 heteroatoms. The second-order valence-corrected chi connectivity index (χ2v) is 13.6. The quantitative estimate of drug-likeness (QED) is 0.542. The maximum absolute atomic E-state index is 13.6. The van der Waals surface area contributed by atoms with Gasteiger partial charge in [0.15, 0.2) is 0 Å². The lowest BCUT2D eigenvalue weighted by atomic mass is 9.43. The Morgan fingerprint density at radius 2 is 1.95 bits per heavy atom. The molecule has 4 bridgehead atoms. The largest absolute Gasteiger partial charge is 0.445 e. The van der Waals surface area contributed by atoms with Gasteiger partial charge in [0.25, 0.3) is 0 Å². The Hall–Kier alpha value is -1.73. The van der Waals surface area contributed by atoms with Crippen LogP contribution in [-0.4, -0.2) is 59.6 Å². The number of hydrogen-bond donors (Lipinski definition) is 2. The van der Waals surface area contributed by atoms with Crippen LogP contribution in [-0.2, 0) is 14.3 Å². The average molecular weight is 515 g/mol. The highest BCUT2D eigenvalue weighted by Gasteiger charge is 2.68. The summed E-state index contributed by atoms with van der Waals surface area (Å²) < 4.78 is 6.24. The molecule has 2 aliphatic heterocycles. The summed E-state index contributed by atoms with van der Waals surface area (Å²) in [6.07, 6.45) is 7.42. The Labute approximate surface area is 221 Å². The van der Waals surface area contributed by atoms with Crippen molar-refractivity contribution in [2.24, 2.45) is 45.8 Å². The molecule has 3 aliphatic carbocycles. The summed E-state index contributed by atoms with van der Waals surface area (Å²) in [6, 6.07) is 0. The number of amides is 2. The molecule has 0 aromatic carbocycles. The number of rotatable bonds is 4. The summed E-state index contributed by atoms with van der Waals surface area (Å²) in [4.78, 5) is 42.2. The van der Waals surface area contributed by atoms with E-state index in [2.05, 4.69) is 44.0 Å². The van der Waals surface area contributed by atoms with Crippen LogP contribution in [0.25, 0.3) is 0 Å². The second kappa shape index (κ2) is 9.48. The van der Waals surface area contributed by atoms with Crippen molar-refractivity contribution >= 4 is 17.8 Å². The summed E-state index contributed by atoms with van der Waals surface area (Å²) in [5, 5.41) is 14.4. The Kier molecular flexibility index (Phi) is 6.88. The molecule has 0 aromatic rings. The predicted octanol–water partition coefficient (Wildman–Crippen LogP) is 4.33. The van der Waals surface area contributed by atoms with E-state index in [1.165, 1.54) is 0 Å². The molecule has 2 heterocycles. The van der Waals surface area contributed by atoms with E-state index in [9.17, 15) is 19.5 Å². The second-order valence-electron chi connectivity index (χ2n) is 13.6. The van der Waals surface area contributed by atoms with E-state index in [0.717, 1.165) is 38.8 Å². The molecule has 206 valence electrons. The zero-order valence-electron chi connectivity index (χ0n) is 23.3. The SMILES string of the molecule is C/C=C\C[C@]1(C)C[C@@H](OC(=O)NC(=O)[C@H]2CN3CC[C@@H]2C3)[C@@]2(C)C3C(=O)CCC3(CC[C@H]2C)[C@@H](C)[C@@H]1O. The number of carbonyl (C=O) groups is 3. The van der Waals surface area contributed by atoms with E-state index >= 15 is 0 Å². The normalized spacial score (nSPS) is 49.0. The van der Waals surface area contributed by atoms with Crippen molar-refractivity contribution in [3.05, 3.63) is 12.2 Å². The number of hydrogen-bond acceptors (Lipinski definition) is 6. The molecule has 2 amide bonds. The fourth-order valence-corrected chi connectivity index (χ4v) is 9.38. The molecule has 2 N–H and O–H groups in total. The molecule has 0 radical (unpaired) electrons. The van der Waals surface area contributed by atoms with Gasteiger partial charge in [0.05, 0.1) is 12.0 Å². The first-order valence-electron chi connectivity index (χ1n) is 14.5. The number of imide groups is 1. The van der Waals surface area contributed by atoms with Gasteiger partial charge in [0, 0.05) is 36.3 Å². The standard InChI is InChI=1S/C30H46N2O5/c1-6-7-11-28(4)15-23(37-27(36)31-26(35)21-17-32-14-10-20(21)16-32)29(5)18(2)8-12-30(19(3)25(28)34)13-9-22(33)24(29)30/h6-7,18-21,23-25,34H,8-17H2,1-5H3,(H,31,35,36)/b7-6-/t18-,19+,20-,21+,23-,24?,25+,28-,29+,30?/m1/s1. The number of Topliss-reactive ketones (excluding diaryl/α,β-unsaturated/α-hetero) is 1. The molecule has 5 fully saturated rings. The van der Waals surface area contributed by atoms with Crippen molar-refractivity contribution in [2.75, 3.05) is 19.6 Å². The first-order valence-corrected chi connectivity index (χ1v) is 14.5. The number of piperidine rings is 1. The number of aliphatic hydroxyl groups excluding tert-OH is 1. The average Bonchev–Trinajstić information content (AvgIpc) is 3.59. The summed E-state index contributed by atoms with van der Waals surface area (Å²) in [7, 11) is 0. The van der Waals surface area contributed by atoms with E-state index in [-0.39, 0.29) is 40.8 Å². The zero-order valence-corrected chi connectivity index (χ0v) is 23.3. The minimum absolute atomic E-state index is 0.0322. The number of alkyl carbamates (subject to hydrolysis) is 1. The number of ketones is 1. The van der Waals surface area contributed by atoms with Crippen LogP contribution in [0.5, 0.6) is 0 Å². The highest BCUT2D eigenvalue weighted by Crippen LogP contribution is 2.68. The van der Waals surface area contributed by atoms with Crippen LogP contribution in [0.15, 0.2) is 12.2 Å². The van der Waals surface area contributed by atoms with Gasteiger partial charge >= 0.3 is 6.09 Å². The smallest absolute Gasteiger partial charge is 0.414 e. The lowest BCUT2D eigenvalue weighted by Crippen LogP contribution is -2.63. The highest BCUT2D eigenvalue weighted by molar-refractivity contribution is 5.93. The molecular weight excluding hydrogens is 468 g/mol. The molecule has 2 saturated heterocycles. The maximum atomic E-state index is 13.6. The Morgan fingerprint density at radius 3 is 2.59 bits per heavy atom. The van der Waals surface area contributed by atoms with Crippen LogP contribution in [0.3, 0.4) is 0 Å². The molecule has 5 rings (SSSR count). The molecule has 0 spiro atoms. The Bertz CT molecular complexity index is 981. The van der Waals surface area contributed by atoms with Crippen molar-refractivity contribution in [3.8, 4) is 0 Å². The highest BCUT2D eigenvalue weighted by atomic mass is 16.6. The van der Waals surface area contributed by atoms with E-state index < -0.39 is 29.1 Å². The van der Waals surface area contributed by atoms with E-state index in [1.807, 2.05) is 13.0 Å². The predicted molar refractivity (Wildman–Crippen MR) is 140 cm³/mol. The molecule has 0 aromatic heterocycles. The van der Waals surface area contributed by atoms with Gasteiger partial charge in [-0.15, -0.1) is 0 Å². The molecular formula is C30H46N2O5. The van der Waals surface area contributed by atoms with Gasteiger partial charge in [-0.05, 0) is 75.2 Å². The zero-order chi connectivity index (χ0) is 26.8. The van der Waals surface area contributed by atoms with E-state index in [1.54, 1.807) is 0 Å². The van der Waals surface area contributed by atoms with Gasteiger partial charge in [0.2, 0.25) is 5.91 Å². The van der Waals surface area contributed by atoms with Crippen LogP contribution in [0.2, 0.25) is 0 Å². The summed E-state index contributed by atoms with van der Waals surface area (Å²) in [5.74, 6) is 0.0134. The lowest BCUT2D eigenvalue weighted by Gasteiger charge is -2.62. The van der Waals surface area contributed by atoms with Gasteiger partial charge in [0.1, 0.15) is 11.9 Å². The minimum atomic E-state index is -0.709. The molecule has 5 aliphatic rings. The molecule has 3 unspecified atom stereocenters. The number of carbonyl (C=O) groups excluding carboxylic acids is 3. The fraction of sp³-hybridized carbons (Fsp3) is 0.833. The Morgan fingerprint density at radius 1 is 1.19 bits per heavy atom. The number of fused-ring (bicyclic) bond motifs is 2. The third kappa shape index (κ3) is 4.10. The van der Waals surface area contributed by atoms with Gasteiger partial charge in [-0.25, -0.2) is 4.79 Å².